The third kappa shape index (κ3) is 3.44. The van der Waals surface area contributed by atoms with Gasteiger partial charge in [-0.1, -0.05) is 24.4 Å². The molecule has 0 aliphatic heterocycles. The van der Waals surface area contributed by atoms with Crippen molar-refractivity contribution >= 4 is 21.6 Å². The lowest BCUT2D eigenvalue weighted by Crippen LogP contribution is -2.44. The van der Waals surface area contributed by atoms with E-state index in [1.807, 2.05) is 0 Å². The summed E-state index contributed by atoms with van der Waals surface area (Å²) < 4.78 is 32.1. The van der Waals surface area contributed by atoms with Gasteiger partial charge in [0, 0.05) is 6.04 Å². The van der Waals surface area contributed by atoms with Crippen molar-refractivity contribution in [2.24, 2.45) is 0 Å². The number of aliphatic hydroxyl groups excluding tert-OH is 1. The Hall–Kier alpha value is -0.820. The number of sulfonamides is 1. The van der Waals surface area contributed by atoms with Crippen LogP contribution >= 0.6 is 11.6 Å². The van der Waals surface area contributed by atoms with Gasteiger partial charge in [-0.15, -0.1) is 0 Å². The lowest BCUT2D eigenvalue weighted by molar-refractivity contribution is 0.101. The van der Waals surface area contributed by atoms with Crippen molar-refractivity contribution in [2.45, 2.75) is 42.7 Å². The van der Waals surface area contributed by atoms with Gasteiger partial charge in [-0.25, -0.2) is 13.1 Å². The van der Waals surface area contributed by atoms with Gasteiger partial charge in [0.2, 0.25) is 10.0 Å². The first-order valence-corrected chi connectivity index (χ1v) is 8.34. The topological polar surface area (TPSA) is 75.6 Å². The Balaban J connectivity index is 2.19. The summed E-state index contributed by atoms with van der Waals surface area (Å²) in [6, 6.07) is 3.85. The van der Waals surface area contributed by atoms with Crippen LogP contribution in [0.2, 0.25) is 5.02 Å². The smallest absolute Gasteiger partial charge is 0.240 e. The van der Waals surface area contributed by atoms with Crippen molar-refractivity contribution in [1.29, 1.82) is 0 Å². The van der Waals surface area contributed by atoms with Crippen LogP contribution in [0.5, 0.6) is 5.75 Å². The van der Waals surface area contributed by atoms with Gasteiger partial charge in [0.05, 0.1) is 23.1 Å². The zero-order valence-corrected chi connectivity index (χ0v) is 12.7. The maximum Gasteiger partial charge on any atom is 0.240 e. The predicted molar refractivity (Wildman–Crippen MR) is 76.6 cm³/mol. The molecule has 0 bridgehead atoms. The summed E-state index contributed by atoms with van der Waals surface area (Å²) in [5.74, 6) is 0.420. The number of halogens is 1. The summed E-state index contributed by atoms with van der Waals surface area (Å²) in [6.45, 7) is 0. The molecule has 2 N–H and O–H groups in total. The van der Waals surface area contributed by atoms with Crippen molar-refractivity contribution in [3.63, 3.8) is 0 Å². The summed E-state index contributed by atoms with van der Waals surface area (Å²) in [5.41, 5.74) is 0. The summed E-state index contributed by atoms with van der Waals surface area (Å²) in [6.07, 6.45) is 2.47. The lowest BCUT2D eigenvalue weighted by Gasteiger charge is -2.28. The number of hydrogen-bond acceptors (Lipinski definition) is 4. The minimum Gasteiger partial charge on any atom is -0.495 e. The van der Waals surface area contributed by atoms with Crippen molar-refractivity contribution in [3.05, 3.63) is 23.2 Å². The van der Waals surface area contributed by atoms with E-state index in [4.69, 9.17) is 16.3 Å². The molecule has 1 aromatic carbocycles. The molecule has 2 rings (SSSR count). The van der Waals surface area contributed by atoms with Gasteiger partial charge in [-0.2, -0.15) is 0 Å². The molecular formula is C13H18ClNO4S. The minimum atomic E-state index is -3.69. The van der Waals surface area contributed by atoms with Gasteiger partial charge in [-0.05, 0) is 31.0 Å². The highest BCUT2D eigenvalue weighted by Crippen LogP contribution is 2.27. The van der Waals surface area contributed by atoms with E-state index in [2.05, 4.69) is 4.72 Å². The average molecular weight is 320 g/mol. The Morgan fingerprint density at radius 2 is 2.05 bits per heavy atom. The molecule has 1 aromatic rings. The second kappa shape index (κ2) is 6.30. The van der Waals surface area contributed by atoms with Crippen molar-refractivity contribution < 1.29 is 18.3 Å². The van der Waals surface area contributed by atoms with Crippen LogP contribution in [0.25, 0.3) is 0 Å². The zero-order valence-electron chi connectivity index (χ0n) is 11.2. The standard InChI is InChI=1S/C13H18ClNO4S/c1-19-13-7-6-9(8-10(13)14)20(17,18)15-11-4-2-3-5-12(11)16/h6-8,11-12,15-16H,2-5H2,1H3. The molecule has 112 valence electrons. The number of ether oxygens (including phenoxy) is 1. The van der Waals surface area contributed by atoms with Gasteiger partial charge >= 0.3 is 0 Å². The highest BCUT2D eigenvalue weighted by Gasteiger charge is 2.28. The Kier molecular flexibility index (Phi) is 4.90. The van der Waals surface area contributed by atoms with Gasteiger partial charge < -0.3 is 9.84 Å². The van der Waals surface area contributed by atoms with E-state index >= 15 is 0 Å². The Labute approximate surface area is 124 Å². The highest BCUT2D eigenvalue weighted by molar-refractivity contribution is 7.89. The number of hydrogen-bond donors (Lipinski definition) is 2. The Bertz CT molecular complexity index is 576. The first-order valence-electron chi connectivity index (χ1n) is 6.48. The van der Waals surface area contributed by atoms with Gasteiger partial charge in [-0.3, -0.25) is 0 Å². The first-order chi connectivity index (χ1) is 9.44. The van der Waals surface area contributed by atoms with Gasteiger partial charge in [0.25, 0.3) is 0 Å². The Morgan fingerprint density at radius 3 is 2.65 bits per heavy atom. The fourth-order valence-electron chi connectivity index (χ4n) is 2.33. The molecule has 2 unspecified atom stereocenters. The molecule has 0 spiro atoms. The molecule has 1 fully saturated rings. The van der Waals surface area contributed by atoms with Crippen molar-refractivity contribution in [2.75, 3.05) is 7.11 Å². The molecule has 1 saturated carbocycles. The largest absolute Gasteiger partial charge is 0.495 e. The molecule has 0 saturated heterocycles. The summed E-state index contributed by atoms with van der Waals surface area (Å²) >= 11 is 5.94. The maximum atomic E-state index is 12.3. The molecular weight excluding hydrogens is 302 g/mol. The average Bonchev–Trinajstić information content (AvgIpc) is 2.41. The molecule has 0 heterocycles. The van der Waals surface area contributed by atoms with Crippen LogP contribution in [-0.2, 0) is 10.0 Å². The van der Waals surface area contributed by atoms with E-state index in [1.165, 1.54) is 25.3 Å². The number of benzene rings is 1. The third-order valence-corrected chi connectivity index (χ3v) is 5.25. The van der Waals surface area contributed by atoms with Gasteiger partial charge in [0.1, 0.15) is 5.75 Å². The van der Waals surface area contributed by atoms with Crippen molar-refractivity contribution in [3.8, 4) is 5.75 Å². The first kappa shape index (κ1) is 15.6. The van der Waals surface area contributed by atoms with E-state index in [0.717, 1.165) is 12.8 Å². The van der Waals surface area contributed by atoms with Crippen LogP contribution < -0.4 is 9.46 Å². The second-order valence-electron chi connectivity index (χ2n) is 4.88. The molecule has 0 amide bonds. The fraction of sp³-hybridized carbons (Fsp3) is 0.538. The maximum absolute atomic E-state index is 12.3. The van der Waals surface area contributed by atoms with Gasteiger partial charge in [0.15, 0.2) is 0 Å². The molecule has 0 radical (unpaired) electrons. The number of nitrogens with one attached hydrogen (secondary N) is 1. The highest BCUT2D eigenvalue weighted by atomic mass is 35.5. The molecule has 5 nitrogen and oxygen atoms in total. The van der Waals surface area contributed by atoms with E-state index in [-0.39, 0.29) is 9.92 Å². The predicted octanol–water partition coefficient (Wildman–Crippen LogP) is 1.93. The number of rotatable bonds is 4. The van der Waals surface area contributed by atoms with Crippen molar-refractivity contribution in [1.82, 2.24) is 4.72 Å². The van der Waals surface area contributed by atoms with Crippen LogP contribution in [-0.4, -0.2) is 32.8 Å². The molecule has 7 heteroatoms. The lowest BCUT2D eigenvalue weighted by atomic mass is 9.93. The SMILES string of the molecule is COc1ccc(S(=O)(=O)NC2CCCCC2O)cc1Cl. The Morgan fingerprint density at radius 1 is 1.35 bits per heavy atom. The van der Waals surface area contributed by atoms with E-state index in [0.29, 0.717) is 18.6 Å². The monoisotopic (exact) mass is 319 g/mol. The fourth-order valence-corrected chi connectivity index (χ4v) is 3.98. The second-order valence-corrected chi connectivity index (χ2v) is 7.00. The molecule has 1 aliphatic carbocycles. The van der Waals surface area contributed by atoms with Crippen LogP contribution in [0.3, 0.4) is 0 Å². The molecule has 20 heavy (non-hydrogen) atoms. The van der Waals surface area contributed by atoms with Crippen LogP contribution in [0.15, 0.2) is 23.1 Å². The normalized spacial score (nSPS) is 23.6. The van der Waals surface area contributed by atoms with E-state index in [9.17, 15) is 13.5 Å². The third-order valence-electron chi connectivity index (χ3n) is 3.47. The minimum absolute atomic E-state index is 0.0704. The summed E-state index contributed by atoms with van der Waals surface area (Å²) in [5, 5.41) is 10.1. The number of methoxy groups -OCH3 is 1. The van der Waals surface area contributed by atoms with E-state index < -0.39 is 22.2 Å². The van der Waals surface area contributed by atoms with Crippen LogP contribution in [0.1, 0.15) is 25.7 Å². The molecule has 1 aliphatic rings. The number of aliphatic hydroxyl groups is 1. The van der Waals surface area contributed by atoms with Crippen LogP contribution in [0.4, 0.5) is 0 Å². The quantitative estimate of drug-likeness (QED) is 0.889. The molecule has 0 aromatic heterocycles. The van der Waals surface area contributed by atoms with Crippen LogP contribution in [0, 0.1) is 0 Å². The molecule has 2 atom stereocenters. The van der Waals surface area contributed by atoms with E-state index in [1.54, 1.807) is 0 Å². The zero-order chi connectivity index (χ0) is 14.8. The summed E-state index contributed by atoms with van der Waals surface area (Å²) in [4.78, 5) is 0.0704. The summed E-state index contributed by atoms with van der Waals surface area (Å²) in [7, 11) is -2.23.